The molecule has 0 N–H and O–H groups in total. The van der Waals surface area contributed by atoms with E-state index in [2.05, 4.69) is 34.6 Å². The molecule has 3 nitrogen and oxygen atoms in total. The summed E-state index contributed by atoms with van der Waals surface area (Å²) < 4.78 is 10.9. The SMILES string of the molecule is CCCC(C)(C)OC(=O)OC(C(C)C)C(C)CC. The van der Waals surface area contributed by atoms with Crippen LogP contribution in [0.3, 0.4) is 0 Å². The summed E-state index contributed by atoms with van der Waals surface area (Å²) in [6, 6.07) is 0. The van der Waals surface area contributed by atoms with E-state index >= 15 is 0 Å². The zero-order valence-corrected chi connectivity index (χ0v) is 13.1. The molecular weight excluding hydrogens is 228 g/mol. The van der Waals surface area contributed by atoms with Crippen LogP contribution < -0.4 is 0 Å². The molecule has 0 amide bonds. The van der Waals surface area contributed by atoms with Crippen LogP contribution >= 0.6 is 0 Å². The molecule has 0 heterocycles. The molecule has 108 valence electrons. The number of hydrogen-bond acceptors (Lipinski definition) is 3. The van der Waals surface area contributed by atoms with Crippen LogP contribution in [0.25, 0.3) is 0 Å². The molecule has 0 saturated heterocycles. The van der Waals surface area contributed by atoms with Gasteiger partial charge in [-0.25, -0.2) is 4.79 Å². The molecule has 0 bridgehead atoms. The number of hydrogen-bond donors (Lipinski definition) is 0. The Kier molecular flexibility index (Phi) is 7.34. The Labute approximate surface area is 112 Å². The second-order valence-corrected chi connectivity index (χ2v) is 6.07. The summed E-state index contributed by atoms with van der Waals surface area (Å²) in [7, 11) is 0. The van der Waals surface area contributed by atoms with Crippen molar-refractivity contribution in [2.75, 3.05) is 0 Å². The molecule has 2 atom stereocenters. The van der Waals surface area contributed by atoms with Gasteiger partial charge in [0.15, 0.2) is 0 Å². The van der Waals surface area contributed by atoms with Crippen LogP contribution in [-0.2, 0) is 9.47 Å². The zero-order valence-electron chi connectivity index (χ0n) is 13.1. The quantitative estimate of drug-likeness (QED) is 0.616. The monoisotopic (exact) mass is 258 g/mol. The maximum Gasteiger partial charge on any atom is 0.509 e. The number of carbonyl (C=O) groups is 1. The first kappa shape index (κ1) is 17.3. The van der Waals surface area contributed by atoms with E-state index in [0.29, 0.717) is 11.8 Å². The highest BCUT2D eigenvalue weighted by molar-refractivity contribution is 5.60. The smallest absolute Gasteiger partial charge is 0.430 e. The Morgan fingerprint density at radius 3 is 2.11 bits per heavy atom. The summed E-state index contributed by atoms with van der Waals surface area (Å²) in [6.45, 7) is 14.3. The molecular formula is C15H30O3. The van der Waals surface area contributed by atoms with Crippen molar-refractivity contribution in [1.82, 2.24) is 0 Å². The average Bonchev–Trinajstić information content (AvgIpc) is 2.23. The molecule has 18 heavy (non-hydrogen) atoms. The van der Waals surface area contributed by atoms with Crippen LogP contribution in [0.2, 0.25) is 0 Å². The van der Waals surface area contributed by atoms with Crippen molar-refractivity contribution in [3.8, 4) is 0 Å². The van der Waals surface area contributed by atoms with Crippen LogP contribution in [-0.4, -0.2) is 17.9 Å². The fourth-order valence-electron chi connectivity index (χ4n) is 2.16. The van der Waals surface area contributed by atoms with E-state index in [1.807, 2.05) is 13.8 Å². The average molecular weight is 258 g/mol. The third kappa shape index (κ3) is 6.27. The summed E-state index contributed by atoms with van der Waals surface area (Å²) in [5, 5.41) is 0. The lowest BCUT2D eigenvalue weighted by molar-refractivity contribution is -0.0582. The minimum Gasteiger partial charge on any atom is -0.430 e. The minimum atomic E-state index is -0.535. The van der Waals surface area contributed by atoms with Gasteiger partial charge < -0.3 is 9.47 Å². The second kappa shape index (κ2) is 7.65. The summed E-state index contributed by atoms with van der Waals surface area (Å²) >= 11 is 0. The topological polar surface area (TPSA) is 35.5 Å². The highest BCUT2D eigenvalue weighted by Gasteiger charge is 2.28. The van der Waals surface area contributed by atoms with Gasteiger partial charge in [0, 0.05) is 0 Å². The van der Waals surface area contributed by atoms with Gasteiger partial charge >= 0.3 is 6.16 Å². The summed E-state index contributed by atoms with van der Waals surface area (Å²) in [5.74, 6) is 0.661. The van der Waals surface area contributed by atoms with E-state index in [9.17, 15) is 4.79 Å². The fraction of sp³-hybridized carbons (Fsp3) is 0.933. The van der Waals surface area contributed by atoms with Gasteiger partial charge in [0.05, 0.1) is 0 Å². The maximum atomic E-state index is 11.8. The van der Waals surface area contributed by atoms with Crippen LogP contribution in [0.1, 0.15) is 67.7 Å². The van der Waals surface area contributed by atoms with Crippen molar-refractivity contribution in [2.24, 2.45) is 11.8 Å². The Balaban J connectivity index is 4.43. The molecule has 0 aromatic rings. The Hall–Kier alpha value is -0.730. The molecule has 0 aliphatic rings. The Morgan fingerprint density at radius 1 is 1.17 bits per heavy atom. The number of rotatable bonds is 7. The first-order valence-corrected chi connectivity index (χ1v) is 7.13. The molecule has 0 aliphatic heterocycles. The highest BCUT2D eigenvalue weighted by atomic mass is 16.7. The fourth-order valence-corrected chi connectivity index (χ4v) is 2.16. The first-order valence-electron chi connectivity index (χ1n) is 7.13. The summed E-state index contributed by atoms with van der Waals surface area (Å²) in [4.78, 5) is 11.8. The highest BCUT2D eigenvalue weighted by Crippen LogP contribution is 2.22. The van der Waals surface area contributed by atoms with Gasteiger partial charge in [-0.3, -0.25) is 0 Å². The first-order chi connectivity index (χ1) is 8.23. The van der Waals surface area contributed by atoms with Crippen molar-refractivity contribution in [1.29, 1.82) is 0 Å². The van der Waals surface area contributed by atoms with E-state index in [1.165, 1.54) is 0 Å². The van der Waals surface area contributed by atoms with E-state index in [0.717, 1.165) is 19.3 Å². The third-order valence-corrected chi connectivity index (χ3v) is 3.31. The molecule has 0 spiro atoms. The lowest BCUT2D eigenvalue weighted by atomic mass is 9.93. The molecule has 0 rings (SSSR count). The lowest BCUT2D eigenvalue weighted by Crippen LogP contribution is -2.34. The molecule has 0 aromatic carbocycles. The van der Waals surface area contributed by atoms with Gasteiger partial charge in [0.1, 0.15) is 11.7 Å². The van der Waals surface area contributed by atoms with Crippen molar-refractivity contribution in [2.45, 2.75) is 79.4 Å². The van der Waals surface area contributed by atoms with E-state index < -0.39 is 11.8 Å². The predicted octanol–water partition coefficient (Wildman–Crippen LogP) is 4.79. The van der Waals surface area contributed by atoms with Gasteiger partial charge in [-0.2, -0.15) is 0 Å². The molecule has 0 fully saturated rings. The summed E-state index contributed by atoms with van der Waals surface area (Å²) in [6.07, 6.45) is 2.22. The van der Waals surface area contributed by atoms with Crippen LogP contribution in [0.4, 0.5) is 4.79 Å². The van der Waals surface area contributed by atoms with Gasteiger partial charge in [-0.15, -0.1) is 0 Å². The van der Waals surface area contributed by atoms with Gasteiger partial charge in [-0.05, 0) is 32.1 Å². The molecule has 0 aromatic heterocycles. The van der Waals surface area contributed by atoms with Gasteiger partial charge in [-0.1, -0.05) is 47.5 Å². The van der Waals surface area contributed by atoms with Crippen molar-refractivity contribution in [3.63, 3.8) is 0 Å². The van der Waals surface area contributed by atoms with Crippen molar-refractivity contribution >= 4 is 6.16 Å². The summed E-state index contributed by atoms with van der Waals surface area (Å²) in [5.41, 5.74) is -0.442. The zero-order chi connectivity index (χ0) is 14.3. The lowest BCUT2D eigenvalue weighted by Gasteiger charge is -2.29. The van der Waals surface area contributed by atoms with Gasteiger partial charge in [0.25, 0.3) is 0 Å². The van der Waals surface area contributed by atoms with Crippen LogP contribution in [0.15, 0.2) is 0 Å². The van der Waals surface area contributed by atoms with E-state index in [1.54, 1.807) is 0 Å². The van der Waals surface area contributed by atoms with E-state index in [4.69, 9.17) is 9.47 Å². The molecule has 3 heteroatoms. The number of ether oxygens (including phenoxy) is 2. The van der Waals surface area contributed by atoms with E-state index in [-0.39, 0.29) is 6.10 Å². The molecule has 0 saturated carbocycles. The number of carbonyl (C=O) groups excluding carboxylic acids is 1. The largest absolute Gasteiger partial charge is 0.509 e. The standard InChI is InChI=1S/C15H30O3/c1-8-10-15(6,7)18-14(16)17-13(11(3)4)12(5)9-2/h11-13H,8-10H2,1-7H3. The van der Waals surface area contributed by atoms with Crippen LogP contribution in [0, 0.1) is 11.8 Å². The van der Waals surface area contributed by atoms with Gasteiger partial charge in [0.2, 0.25) is 0 Å². The molecule has 0 aliphatic carbocycles. The van der Waals surface area contributed by atoms with Crippen molar-refractivity contribution in [3.05, 3.63) is 0 Å². The third-order valence-electron chi connectivity index (χ3n) is 3.31. The normalized spacial score (nSPS) is 15.3. The second-order valence-electron chi connectivity index (χ2n) is 6.07. The molecule has 0 radical (unpaired) electrons. The Bertz CT molecular complexity index is 246. The maximum absolute atomic E-state index is 11.8. The van der Waals surface area contributed by atoms with Crippen molar-refractivity contribution < 1.29 is 14.3 Å². The predicted molar refractivity (Wildman–Crippen MR) is 74.6 cm³/mol. The minimum absolute atomic E-state index is 0.0695. The molecule has 2 unspecified atom stereocenters. The Morgan fingerprint density at radius 2 is 1.72 bits per heavy atom. The van der Waals surface area contributed by atoms with Crippen LogP contribution in [0.5, 0.6) is 0 Å².